The molecule has 184 valence electrons. The summed E-state index contributed by atoms with van der Waals surface area (Å²) in [6.07, 6.45) is 0.816. The third-order valence-corrected chi connectivity index (χ3v) is 7.52. The molecule has 2 fully saturated rings. The molecule has 2 aromatic carbocycles. The minimum Gasteiger partial charge on any atom is -0.480 e. The molecule has 3 aliphatic carbocycles. The number of carboxylic acid groups (broad SMARTS) is 1. The van der Waals surface area contributed by atoms with Gasteiger partial charge in [0.15, 0.2) is 0 Å². The predicted molar refractivity (Wildman–Crippen MR) is 122 cm³/mol. The minimum atomic E-state index is -3.32. The van der Waals surface area contributed by atoms with Crippen LogP contribution >= 0.6 is 0 Å². The first-order valence-electron chi connectivity index (χ1n) is 11.8. The Balaban J connectivity index is 1.16. The molecule has 7 nitrogen and oxygen atoms in total. The van der Waals surface area contributed by atoms with Crippen LogP contribution in [-0.2, 0) is 14.3 Å². The van der Waals surface area contributed by atoms with Gasteiger partial charge in [-0.15, -0.1) is 0 Å². The summed E-state index contributed by atoms with van der Waals surface area (Å²) in [6.45, 7) is -0.395. The van der Waals surface area contributed by atoms with Gasteiger partial charge < -0.3 is 20.5 Å². The fraction of sp³-hybridized carbons (Fsp3) is 0.423. The topological polar surface area (TPSA) is 105 Å². The van der Waals surface area contributed by atoms with Crippen LogP contribution in [0.3, 0.4) is 0 Å². The van der Waals surface area contributed by atoms with Gasteiger partial charge in [-0.05, 0) is 35.1 Å². The molecule has 2 saturated carbocycles. The van der Waals surface area contributed by atoms with E-state index < -0.39 is 47.8 Å². The van der Waals surface area contributed by atoms with Gasteiger partial charge in [-0.2, -0.15) is 0 Å². The summed E-state index contributed by atoms with van der Waals surface area (Å²) in [6, 6.07) is 15.7. The first-order valence-corrected chi connectivity index (χ1v) is 11.8. The molecular formula is C26H26F2N2O5. The number of carbonyl (C=O) groups excluding carboxylic acids is 2. The Hall–Kier alpha value is -3.49. The number of carboxylic acids is 1. The number of alkyl carbamates (subject to hydrolysis) is 1. The minimum absolute atomic E-state index is 0.0476. The highest BCUT2D eigenvalue weighted by Crippen LogP contribution is 2.55. The number of fused-ring (bicyclic) bond motifs is 3. The number of amides is 2. The van der Waals surface area contributed by atoms with Gasteiger partial charge in [-0.1, -0.05) is 61.4 Å². The Bertz CT molecular complexity index is 1130. The summed E-state index contributed by atoms with van der Waals surface area (Å²) in [5.41, 5.74) is 2.73. The lowest BCUT2D eigenvalue weighted by atomic mass is 9.97. The Morgan fingerprint density at radius 1 is 0.971 bits per heavy atom. The van der Waals surface area contributed by atoms with Crippen molar-refractivity contribution in [1.29, 1.82) is 0 Å². The van der Waals surface area contributed by atoms with Crippen LogP contribution in [0.15, 0.2) is 48.5 Å². The summed E-state index contributed by atoms with van der Waals surface area (Å²) in [4.78, 5) is 36.4. The molecule has 35 heavy (non-hydrogen) atoms. The lowest BCUT2D eigenvalue weighted by Gasteiger charge is -2.25. The maximum atomic E-state index is 14.3. The first kappa shape index (κ1) is 23.3. The molecule has 2 amide bonds. The van der Waals surface area contributed by atoms with E-state index in [0.29, 0.717) is 12.8 Å². The number of hydrogen-bond donors (Lipinski definition) is 3. The zero-order chi connectivity index (χ0) is 24.8. The van der Waals surface area contributed by atoms with E-state index in [-0.39, 0.29) is 25.4 Å². The van der Waals surface area contributed by atoms with Gasteiger partial charge in [-0.25, -0.2) is 18.4 Å². The average Bonchev–Trinajstić information content (AvgIpc) is 3.14. The number of aliphatic carboxylic acids is 1. The molecular weight excluding hydrogens is 458 g/mol. The van der Waals surface area contributed by atoms with Gasteiger partial charge in [0.2, 0.25) is 5.91 Å². The predicted octanol–water partition coefficient (Wildman–Crippen LogP) is 3.92. The van der Waals surface area contributed by atoms with Crippen LogP contribution in [0, 0.1) is 11.8 Å². The van der Waals surface area contributed by atoms with Crippen LogP contribution in [0.2, 0.25) is 0 Å². The molecule has 5 rings (SSSR count). The van der Waals surface area contributed by atoms with Crippen molar-refractivity contribution < 1.29 is 33.0 Å². The summed E-state index contributed by atoms with van der Waals surface area (Å²) in [7, 11) is 0. The van der Waals surface area contributed by atoms with E-state index in [1.165, 1.54) is 0 Å². The van der Waals surface area contributed by atoms with E-state index in [0.717, 1.165) is 22.3 Å². The number of ether oxygens (including phenoxy) is 1. The number of nitrogens with one attached hydrogen (secondary N) is 2. The Morgan fingerprint density at radius 3 is 2.11 bits per heavy atom. The third kappa shape index (κ3) is 4.02. The fourth-order valence-corrected chi connectivity index (χ4v) is 5.53. The molecule has 2 atom stereocenters. The Morgan fingerprint density at radius 2 is 1.54 bits per heavy atom. The van der Waals surface area contributed by atoms with E-state index in [1.807, 2.05) is 48.5 Å². The maximum Gasteiger partial charge on any atom is 0.407 e. The number of rotatable bonds is 7. The van der Waals surface area contributed by atoms with Gasteiger partial charge in [0.05, 0.1) is 5.92 Å². The van der Waals surface area contributed by atoms with Crippen molar-refractivity contribution in [3.63, 3.8) is 0 Å². The second-order valence-corrected chi connectivity index (χ2v) is 9.55. The maximum absolute atomic E-state index is 14.3. The van der Waals surface area contributed by atoms with Crippen LogP contribution in [0.5, 0.6) is 0 Å². The number of alkyl halides is 2. The van der Waals surface area contributed by atoms with Crippen molar-refractivity contribution in [3.8, 4) is 11.1 Å². The van der Waals surface area contributed by atoms with Crippen molar-refractivity contribution in [1.82, 2.24) is 10.6 Å². The average molecular weight is 484 g/mol. The van der Waals surface area contributed by atoms with Gasteiger partial charge in [0, 0.05) is 12.5 Å². The lowest BCUT2D eigenvalue weighted by Crippen LogP contribution is -2.53. The van der Waals surface area contributed by atoms with E-state index in [4.69, 9.17) is 4.74 Å². The highest BCUT2D eigenvalue weighted by atomic mass is 19.3. The molecule has 3 aliphatic rings. The number of benzene rings is 2. The second-order valence-electron chi connectivity index (χ2n) is 9.55. The standard InChI is InChI=1S/C26H26F2N2O5/c27-26(28)20(21(26)22(31)30-25(23(32)33)11-5-6-12-25)13-29-24(34)35-14-19-17-9-3-1-7-15(17)16-8-2-4-10-18(16)19/h1-4,7-10,19-21H,5-6,11-14H2,(H,29,34)(H,30,31)(H,32,33)/t20-,21-/m0/s1. The quantitative estimate of drug-likeness (QED) is 0.553. The smallest absolute Gasteiger partial charge is 0.407 e. The summed E-state index contributed by atoms with van der Waals surface area (Å²) in [5, 5.41) is 14.2. The van der Waals surface area contributed by atoms with Crippen LogP contribution < -0.4 is 10.6 Å². The third-order valence-electron chi connectivity index (χ3n) is 7.52. The van der Waals surface area contributed by atoms with Gasteiger partial charge in [-0.3, -0.25) is 4.79 Å². The van der Waals surface area contributed by atoms with Gasteiger partial charge >= 0.3 is 12.1 Å². The number of carbonyl (C=O) groups is 3. The Kier molecular flexibility index (Phi) is 5.73. The SMILES string of the molecule is O=C(NC[C@H]1[C@@H](C(=O)NC2(C(=O)O)CCCC2)C1(F)F)OCC1c2ccccc2-c2ccccc21. The van der Waals surface area contributed by atoms with Crippen molar-refractivity contribution in [2.45, 2.75) is 43.1 Å². The van der Waals surface area contributed by atoms with Crippen molar-refractivity contribution in [3.05, 3.63) is 59.7 Å². The zero-order valence-corrected chi connectivity index (χ0v) is 18.9. The molecule has 0 aromatic heterocycles. The molecule has 3 N–H and O–H groups in total. The molecule has 2 aromatic rings. The van der Waals surface area contributed by atoms with Crippen molar-refractivity contribution in [2.24, 2.45) is 11.8 Å². The zero-order valence-electron chi connectivity index (χ0n) is 18.9. The van der Waals surface area contributed by atoms with Crippen molar-refractivity contribution in [2.75, 3.05) is 13.2 Å². The van der Waals surface area contributed by atoms with Crippen LogP contribution in [0.1, 0.15) is 42.7 Å². The van der Waals surface area contributed by atoms with E-state index in [1.54, 1.807) is 0 Å². The highest BCUT2D eigenvalue weighted by molar-refractivity contribution is 5.90. The summed E-state index contributed by atoms with van der Waals surface area (Å²) < 4.78 is 34.0. The van der Waals surface area contributed by atoms with Gasteiger partial charge in [0.25, 0.3) is 5.92 Å². The summed E-state index contributed by atoms with van der Waals surface area (Å²) in [5.74, 6) is -8.76. The molecule has 0 bridgehead atoms. The fourth-order valence-electron chi connectivity index (χ4n) is 5.53. The first-order chi connectivity index (χ1) is 16.7. The normalized spacial score (nSPS) is 23.1. The molecule has 0 saturated heterocycles. The molecule has 0 radical (unpaired) electrons. The van der Waals surface area contributed by atoms with Crippen LogP contribution in [-0.4, -0.2) is 47.7 Å². The molecule has 0 heterocycles. The lowest BCUT2D eigenvalue weighted by molar-refractivity contribution is -0.148. The highest BCUT2D eigenvalue weighted by Gasteiger charge is 2.72. The monoisotopic (exact) mass is 484 g/mol. The van der Waals surface area contributed by atoms with Gasteiger partial charge in [0.1, 0.15) is 18.1 Å². The van der Waals surface area contributed by atoms with E-state index >= 15 is 0 Å². The largest absolute Gasteiger partial charge is 0.480 e. The summed E-state index contributed by atoms with van der Waals surface area (Å²) >= 11 is 0. The van der Waals surface area contributed by atoms with Crippen LogP contribution in [0.4, 0.5) is 13.6 Å². The molecule has 9 heteroatoms. The number of hydrogen-bond acceptors (Lipinski definition) is 4. The Labute approximate surface area is 200 Å². The number of halogens is 2. The van der Waals surface area contributed by atoms with Crippen molar-refractivity contribution >= 4 is 18.0 Å². The molecule has 0 unspecified atom stereocenters. The van der Waals surface area contributed by atoms with Crippen LogP contribution in [0.25, 0.3) is 11.1 Å². The van der Waals surface area contributed by atoms with E-state index in [9.17, 15) is 28.3 Å². The molecule has 0 spiro atoms. The second kappa shape index (κ2) is 8.62. The molecule has 0 aliphatic heterocycles. The van der Waals surface area contributed by atoms with E-state index in [2.05, 4.69) is 10.6 Å².